The van der Waals surface area contributed by atoms with Crippen LogP contribution >= 0.6 is 0 Å². The summed E-state index contributed by atoms with van der Waals surface area (Å²) in [7, 11) is 0. The van der Waals surface area contributed by atoms with E-state index in [1.165, 1.54) is 0 Å². The second-order valence-electron chi connectivity index (χ2n) is 3.53. The highest BCUT2D eigenvalue weighted by atomic mass is 16.5. The molecule has 0 aromatic heterocycles. The second-order valence-corrected chi connectivity index (χ2v) is 3.53. The van der Waals surface area contributed by atoms with Crippen LogP contribution in [0.3, 0.4) is 0 Å². The lowest BCUT2D eigenvalue weighted by atomic mass is 9.92. The first-order chi connectivity index (χ1) is 6.22. The van der Waals surface area contributed by atoms with Crippen molar-refractivity contribution in [1.29, 1.82) is 0 Å². The van der Waals surface area contributed by atoms with Gasteiger partial charge in [0, 0.05) is 12.3 Å². The molecule has 0 aromatic carbocycles. The third kappa shape index (κ3) is 1.41. The number of aliphatic hydroxyl groups is 2. The third-order valence-corrected chi connectivity index (χ3v) is 2.65. The number of hydrogen-bond donors (Lipinski definition) is 2. The van der Waals surface area contributed by atoms with Gasteiger partial charge in [-0.2, -0.15) is 0 Å². The summed E-state index contributed by atoms with van der Waals surface area (Å²) < 4.78 is 5.25. The average Bonchev–Trinajstić information content (AvgIpc) is 2.43. The molecule has 0 spiro atoms. The summed E-state index contributed by atoms with van der Waals surface area (Å²) in [5, 5.41) is 18.5. The predicted octanol–water partition coefficient (Wildman–Crippen LogP) is -0.746. The van der Waals surface area contributed by atoms with Gasteiger partial charge in [-0.05, 0) is 5.57 Å². The first kappa shape index (κ1) is 8.87. The summed E-state index contributed by atoms with van der Waals surface area (Å²) in [5.74, 6) is -0.156. The summed E-state index contributed by atoms with van der Waals surface area (Å²) in [4.78, 5) is 11.0. The number of carbonyl (C=O) groups excluding carboxylic acids is 1. The van der Waals surface area contributed by atoms with Gasteiger partial charge in [0.05, 0.1) is 18.8 Å². The number of ketones is 1. The zero-order valence-corrected chi connectivity index (χ0v) is 7.14. The fourth-order valence-electron chi connectivity index (χ4n) is 2.00. The molecule has 2 rings (SSSR count). The van der Waals surface area contributed by atoms with E-state index < -0.39 is 6.10 Å². The van der Waals surface area contributed by atoms with Crippen LogP contribution in [0.1, 0.15) is 6.42 Å². The fraction of sp³-hybridized carbons (Fsp3) is 0.667. The predicted molar refractivity (Wildman–Crippen MR) is 44.0 cm³/mol. The van der Waals surface area contributed by atoms with Crippen molar-refractivity contribution in [2.24, 2.45) is 5.92 Å². The van der Waals surface area contributed by atoms with Crippen molar-refractivity contribution in [1.82, 2.24) is 0 Å². The van der Waals surface area contributed by atoms with Gasteiger partial charge < -0.3 is 14.9 Å². The van der Waals surface area contributed by atoms with Crippen molar-refractivity contribution in [2.75, 3.05) is 13.2 Å². The molecule has 1 saturated heterocycles. The number of aliphatic hydroxyl groups excluding tert-OH is 2. The van der Waals surface area contributed by atoms with Crippen LogP contribution in [0.5, 0.6) is 0 Å². The van der Waals surface area contributed by atoms with Gasteiger partial charge in [0.25, 0.3) is 0 Å². The standard InChI is InChI=1S/C9H12O4/c10-3-5-1-8(12)7-2-6(11)4-13-9(5)7/h1,7-10,12H,2-4H2. The number of hydrogen-bond acceptors (Lipinski definition) is 4. The summed E-state index contributed by atoms with van der Waals surface area (Å²) >= 11 is 0. The minimum Gasteiger partial charge on any atom is -0.392 e. The molecule has 2 N–H and O–H groups in total. The number of rotatable bonds is 1. The van der Waals surface area contributed by atoms with E-state index >= 15 is 0 Å². The van der Waals surface area contributed by atoms with Gasteiger partial charge in [-0.25, -0.2) is 0 Å². The highest BCUT2D eigenvalue weighted by molar-refractivity contribution is 5.81. The van der Waals surface area contributed by atoms with Crippen molar-refractivity contribution in [3.8, 4) is 0 Å². The van der Waals surface area contributed by atoms with E-state index in [1.54, 1.807) is 6.08 Å². The van der Waals surface area contributed by atoms with E-state index in [2.05, 4.69) is 0 Å². The van der Waals surface area contributed by atoms with Gasteiger partial charge in [0.1, 0.15) is 6.61 Å². The smallest absolute Gasteiger partial charge is 0.159 e. The highest BCUT2D eigenvalue weighted by Gasteiger charge is 2.40. The molecule has 13 heavy (non-hydrogen) atoms. The van der Waals surface area contributed by atoms with Crippen LogP contribution in [-0.2, 0) is 9.53 Å². The second kappa shape index (κ2) is 3.21. The van der Waals surface area contributed by atoms with E-state index in [4.69, 9.17) is 9.84 Å². The quantitative estimate of drug-likeness (QED) is 0.526. The molecule has 1 fully saturated rings. The summed E-state index contributed by atoms with van der Waals surface area (Å²) in [6.45, 7) is -0.00234. The van der Waals surface area contributed by atoms with Crippen molar-refractivity contribution >= 4 is 5.78 Å². The molecule has 3 atom stereocenters. The minimum absolute atomic E-state index is 0.0212. The van der Waals surface area contributed by atoms with Crippen molar-refractivity contribution in [2.45, 2.75) is 18.6 Å². The molecule has 0 saturated carbocycles. The van der Waals surface area contributed by atoms with Gasteiger partial charge >= 0.3 is 0 Å². The Balaban J connectivity index is 2.16. The molecular weight excluding hydrogens is 172 g/mol. The van der Waals surface area contributed by atoms with Gasteiger partial charge in [-0.3, -0.25) is 4.79 Å². The molecule has 0 bridgehead atoms. The first-order valence-electron chi connectivity index (χ1n) is 4.35. The Kier molecular flexibility index (Phi) is 2.19. The minimum atomic E-state index is -0.642. The Morgan fingerprint density at radius 2 is 2.38 bits per heavy atom. The van der Waals surface area contributed by atoms with Crippen LogP contribution in [0, 0.1) is 5.92 Å². The van der Waals surface area contributed by atoms with Gasteiger partial charge in [-0.15, -0.1) is 0 Å². The maximum Gasteiger partial charge on any atom is 0.159 e. The Labute approximate surface area is 75.8 Å². The first-order valence-corrected chi connectivity index (χ1v) is 4.35. The third-order valence-electron chi connectivity index (χ3n) is 2.65. The lowest BCUT2D eigenvalue weighted by Gasteiger charge is -2.28. The maximum absolute atomic E-state index is 11.0. The normalized spacial score (nSPS) is 38.8. The van der Waals surface area contributed by atoms with E-state index in [0.717, 1.165) is 0 Å². The fourth-order valence-corrected chi connectivity index (χ4v) is 2.00. The Bertz CT molecular complexity index is 258. The molecule has 4 nitrogen and oxygen atoms in total. The van der Waals surface area contributed by atoms with E-state index in [0.29, 0.717) is 12.0 Å². The number of carbonyl (C=O) groups is 1. The molecule has 4 heteroatoms. The molecule has 72 valence electrons. The van der Waals surface area contributed by atoms with Gasteiger partial charge in [0.15, 0.2) is 5.78 Å². The summed E-state index contributed by atoms with van der Waals surface area (Å²) in [5.41, 5.74) is 0.699. The molecule has 2 aliphatic rings. The molecule has 0 aromatic rings. The summed E-state index contributed by atoms with van der Waals surface area (Å²) in [6.07, 6.45) is 1.05. The Morgan fingerprint density at radius 3 is 3.08 bits per heavy atom. The average molecular weight is 184 g/mol. The zero-order valence-electron chi connectivity index (χ0n) is 7.14. The number of ether oxygens (including phenoxy) is 1. The highest BCUT2D eigenvalue weighted by Crippen LogP contribution is 2.33. The lowest BCUT2D eigenvalue weighted by molar-refractivity contribution is -0.136. The van der Waals surface area contributed by atoms with E-state index in [-0.39, 0.29) is 31.0 Å². The largest absolute Gasteiger partial charge is 0.392 e. The lowest BCUT2D eigenvalue weighted by Crippen LogP contribution is -2.37. The van der Waals surface area contributed by atoms with Crippen LogP contribution in [0.4, 0.5) is 0 Å². The van der Waals surface area contributed by atoms with Crippen LogP contribution < -0.4 is 0 Å². The van der Waals surface area contributed by atoms with Gasteiger partial charge in [-0.1, -0.05) is 6.08 Å². The van der Waals surface area contributed by atoms with Gasteiger partial charge in [0.2, 0.25) is 0 Å². The molecule has 1 aliphatic carbocycles. The van der Waals surface area contributed by atoms with Crippen LogP contribution in [-0.4, -0.2) is 41.4 Å². The van der Waals surface area contributed by atoms with Crippen molar-refractivity contribution < 1.29 is 19.7 Å². The molecule has 1 heterocycles. The topological polar surface area (TPSA) is 66.8 Å². The number of Topliss-reactive ketones (excluding diaryl/α,β-unsaturated/α-hetero) is 1. The van der Waals surface area contributed by atoms with Crippen molar-refractivity contribution in [3.05, 3.63) is 11.6 Å². The van der Waals surface area contributed by atoms with Crippen LogP contribution in [0.2, 0.25) is 0 Å². The van der Waals surface area contributed by atoms with Crippen molar-refractivity contribution in [3.63, 3.8) is 0 Å². The molecule has 1 aliphatic heterocycles. The van der Waals surface area contributed by atoms with E-state index in [1.807, 2.05) is 0 Å². The SMILES string of the molecule is O=C1COC2C(CO)=CC(O)C2C1. The van der Waals surface area contributed by atoms with Crippen LogP contribution in [0.15, 0.2) is 11.6 Å². The molecule has 0 amide bonds. The monoisotopic (exact) mass is 184 g/mol. The van der Waals surface area contributed by atoms with Crippen LogP contribution in [0.25, 0.3) is 0 Å². The molecule has 0 radical (unpaired) electrons. The Hall–Kier alpha value is -0.710. The number of fused-ring (bicyclic) bond motifs is 1. The Morgan fingerprint density at radius 1 is 1.62 bits per heavy atom. The summed E-state index contributed by atoms with van der Waals surface area (Å²) in [6, 6.07) is 0. The molecule has 3 unspecified atom stereocenters. The maximum atomic E-state index is 11.0. The zero-order chi connectivity index (χ0) is 9.42. The molecular formula is C9H12O4. The van der Waals surface area contributed by atoms with E-state index in [9.17, 15) is 9.90 Å².